The topological polar surface area (TPSA) is 138 Å². The molecule has 1 aliphatic heterocycles. The van der Waals surface area contributed by atoms with Gasteiger partial charge in [0, 0.05) is 38.5 Å². The standard InChI is InChI=1S/C39H44N2O8/c1-25(47-26(2)43)38(46)40-21-28-7-4-8-30(17-28)31-9-5-11-33(18-31)39-48-35(20-37(49-39)29-15-13-27(24-42)14-16-29)22-41(3)23-36(45)32-10-6-12-34(44)19-32/h4-19,25,35-37,39,42,44-45H,20-24H2,1-3H3,(H,40,46)/t25-,35+,36+,37-,39-/m0/s1. The molecule has 4 N–H and O–H groups in total. The van der Waals surface area contributed by atoms with Crippen molar-refractivity contribution < 1.29 is 39.1 Å². The van der Waals surface area contributed by atoms with Gasteiger partial charge in [0.05, 0.1) is 24.9 Å². The van der Waals surface area contributed by atoms with Crippen molar-refractivity contribution in [2.75, 3.05) is 20.1 Å². The minimum Gasteiger partial charge on any atom is -0.508 e. The lowest BCUT2D eigenvalue weighted by molar-refractivity contribution is -0.252. The van der Waals surface area contributed by atoms with Crippen LogP contribution in [0.1, 0.15) is 66.6 Å². The van der Waals surface area contributed by atoms with Gasteiger partial charge in [0.15, 0.2) is 12.4 Å². The molecule has 1 heterocycles. The molecule has 1 amide bonds. The van der Waals surface area contributed by atoms with Crippen molar-refractivity contribution in [1.29, 1.82) is 0 Å². The summed E-state index contributed by atoms with van der Waals surface area (Å²) >= 11 is 0. The fourth-order valence-electron chi connectivity index (χ4n) is 5.95. The number of aliphatic hydroxyl groups is 2. The van der Waals surface area contributed by atoms with E-state index in [4.69, 9.17) is 14.2 Å². The molecule has 10 heteroatoms. The van der Waals surface area contributed by atoms with Crippen molar-refractivity contribution in [3.63, 3.8) is 0 Å². The van der Waals surface area contributed by atoms with Crippen LogP contribution in [-0.2, 0) is 37.0 Å². The average molecular weight is 669 g/mol. The highest BCUT2D eigenvalue weighted by molar-refractivity contribution is 5.82. The number of amides is 1. The van der Waals surface area contributed by atoms with E-state index in [2.05, 4.69) is 5.32 Å². The minimum atomic E-state index is -0.878. The van der Waals surface area contributed by atoms with E-state index < -0.39 is 24.5 Å². The average Bonchev–Trinajstić information content (AvgIpc) is 3.10. The van der Waals surface area contributed by atoms with Gasteiger partial charge in [-0.2, -0.15) is 0 Å². The number of hydrogen-bond acceptors (Lipinski definition) is 9. The van der Waals surface area contributed by atoms with E-state index in [9.17, 15) is 24.9 Å². The van der Waals surface area contributed by atoms with Crippen LogP contribution in [0.2, 0.25) is 0 Å². The van der Waals surface area contributed by atoms with Crippen LogP contribution in [0.15, 0.2) is 97.1 Å². The van der Waals surface area contributed by atoms with Crippen molar-refractivity contribution in [1.82, 2.24) is 10.2 Å². The molecule has 49 heavy (non-hydrogen) atoms. The maximum atomic E-state index is 12.4. The van der Waals surface area contributed by atoms with E-state index in [0.717, 1.165) is 33.4 Å². The van der Waals surface area contributed by atoms with Gasteiger partial charge < -0.3 is 39.7 Å². The SMILES string of the molecule is CC(=O)O[C@@H](C)C(=O)NCc1cccc(-c2cccc([C@H]3O[C@@H](CN(C)C[C@@H](O)c4cccc(O)c4)C[C@@H](c4ccc(CO)cc4)O3)c2)c1. The number of aromatic hydroxyl groups is 1. The number of nitrogens with one attached hydrogen (secondary N) is 1. The van der Waals surface area contributed by atoms with Gasteiger partial charge in [0.2, 0.25) is 0 Å². The maximum absolute atomic E-state index is 12.4. The summed E-state index contributed by atoms with van der Waals surface area (Å²) in [6, 6.07) is 30.2. The smallest absolute Gasteiger partial charge is 0.303 e. The molecule has 0 aliphatic carbocycles. The zero-order valence-electron chi connectivity index (χ0n) is 28.0. The molecule has 0 unspecified atom stereocenters. The van der Waals surface area contributed by atoms with Crippen LogP contribution in [0.3, 0.4) is 0 Å². The second-order valence-corrected chi connectivity index (χ2v) is 12.5. The molecular weight excluding hydrogens is 624 g/mol. The molecule has 4 aromatic carbocycles. The lowest BCUT2D eigenvalue weighted by Gasteiger charge is -2.38. The molecular formula is C39H44N2O8. The van der Waals surface area contributed by atoms with Crippen molar-refractivity contribution in [3.05, 3.63) is 125 Å². The van der Waals surface area contributed by atoms with Crippen LogP contribution in [0, 0.1) is 0 Å². The first-order chi connectivity index (χ1) is 23.6. The Kier molecular flexibility index (Phi) is 12.2. The molecule has 1 aliphatic rings. The highest BCUT2D eigenvalue weighted by Gasteiger charge is 2.33. The monoisotopic (exact) mass is 668 g/mol. The fourth-order valence-corrected chi connectivity index (χ4v) is 5.95. The second kappa shape index (κ2) is 16.7. The third-order valence-corrected chi connectivity index (χ3v) is 8.47. The van der Waals surface area contributed by atoms with E-state index in [1.165, 1.54) is 13.8 Å². The highest BCUT2D eigenvalue weighted by atomic mass is 16.7. The van der Waals surface area contributed by atoms with Crippen LogP contribution in [0.25, 0.3) is 11.1 Å². The third-order valence-electron chi connectivity index (χ3n) is 8.47. The lowest BCUT2D eigenvalue weighted by Crippen LogP contribution is -2.39. The third kappa shape index (κ3) is 9.97. The normalized spacial score (nSPS) is 18.9. The number of ether oxygens (including phenoxy) is 3. The number of esters is 1. The first kappa shape index (κ1) is 35.7. The number of hydrogen-bond donors (Lipinski definition) is 4. The molecule has 0 aromatic heterocycles. The molecule has 10 nitrogen and oxygen atoms in total. The summed E-state index contributed by atoms with van der Waals surface area (Å²) in [5, 5.41) is 33.1. The van der Waals surface area contributed by atoms with Crippen LogP contribution in [0.5, 0.6) is 5.75 Å². The van der Waals surface area contributed by atoms with Crippen LogP contribution < -0.4 is 5.32 Å². The number of aliphatic hydroxyl groups excluding tert-OH is 2. The molecule has 1 fully saturated rings. The van der Waals surface area contributed by atoms with Gasteiger partial charge in [-0.3, -0.25) is 9.59 Å². The highest BCUT2D eigenvalue weighted by Crippen LogP contribution is 2.39. The van der Waals surface area contributed by atoms with Crippen LogP contribution in [-0.4, -0.2) is 64.4 Å². The van der Waals surface area contributed by atoms with Gasteiger partial charge in [-0.15, -0.1) is 0 Å². The summed E-state index contributed by atoms with van der Waals surface area (Å²) in [5.41, 5.74) is 6.06. The Morgan fingerprint density at radius 1 is 0.918 bits per heavy atom. The zero-order chi connectivity index (χ0) is 34.9. The first-order valence-corrected chi connectivity index (χ1v) is 16.4. The van der Waals surface area contributed by atoms with E-state index in [1.807, 2.05) is 84.7 Å². The van der Waals surface area contributed by atoms with Crippen molar-refractivity contribution in [2.45, 2.75) is 64.1 Å². The number of phenolic OH excluding ortho intramolecular Hbond substituents is 1. The Morgan fingerprint density at radius 2 is 1.63 bits per heavy atom. The van der Waals surface area contributed by atoms with E-state index in [1.54, 1.807) is 24.3 Å². The number of nitrogens with zero attached hydrogens (tertiary/aromatic N) is 1. The molecule has 0 bridgehead atoms. The number of carbonyl (C=O) groups excluding carboxylic acids is 2. The molecule has 258 valence electrons. The molecule has 4 aromatic rings. The Morgan fingerprint density at radius 3 is 2.35 bits per heavy atom. The largest absolute Gasteiger partial charge is 0.508 e. The van der Waals surface area contributed by atoms with Crippen LogP contribution >= 0.6 is 0 Å². The molecule has 5 rings (SSSR count). The van der Waals surface area contributed by atoms with Gasteiger partial charge in [-0.25, -0.2) is 0 Å². The van der Waals surface area contributed by atoms with Crippen LogP contribution in [0.4, 0.5) is 0 Å². The molecule has 1 saturated heterocycles. The summed E-state index contributed by atoms with van der Waals surface area (Å²) < 4.78 is 18.1. The Bertz CT molecular complexity index is 1710. The predicted octanol–water partition coefficient (Wildman–Crippen LogP) is 5.33. The quantitative estimate of drug-likeness (QED) is 0.139. The second-order valence-electron chi connectivity index (χ2n) is 12.5. The van der Waals surface area contributed by atoms with Crippen molar-refractivity contribution >= 4 is 11.9 Å². The summed E-state index contributed by atoms with van der Waals surface area (Å²) in [7, 11) is 1.93. The van der Waals surface area contributed by atoms with Gasteiger partial charge >= 0.3 is 5.97 Å². The predicted molar refractivity (Wildman–Crippen MR) is 184 cm³/mol. The molecule has 0 saturated carbocycles. The minimum absolute atomic E-state index is 0.0414. The molecule has 0 spiro atoms. The molecule has 5 atom stereocenters. The summed E-state index contributed by atoms with van der Waals surface area (Å²) in [6.45, 7) is 3.92. The number of rotatable bonds is 13. The summed E-state index contributed by atoms with van der Waals surface area (Å²) in [6.07, 6.45) is -2.25. The fraction of sp³-hybridized carbons (Fsp3) is 0.333. The van der Waals surface area contributed by atoms with Gasteiger partial charge in [0.25, 0.3) is 5.91 Å². The maximum Gasteiger partial charge on any atom is 0.303 e. The number of carbonyl (C=O) groups is 2. The number of benzene rings is 4. The Balaban J connectivity index is 1.32. The van der Waals surface area contributed by atoms with Gasteiger partial charge in [0.1, 0.15) is 5.75 Å². The number of likely N-dealkylation sites (N-methyl/N-ethyl adjacent to an activating group) is 1. The van der Waals surface area contributed by atoms with Crippen molar-refractivity contribution in [2.24, 2.45) is 0 Å². The first-order valence-electron chi connectivity index (χ1n) is 16.4. The lowest BCUT2D eigenvalue weighted by atomic mass is 9.98. The van der Waals surface area contributed by atoms with E-state index in [0.29, 0.717) is 25.1 Å². The van der Waals surface area contributed by atoms with E-state index >= 15 is 0 Å². The van der Waals surface area contributed by atoms with Gasteiger partial charge in [-0.05, 0) is 71.6 Å². The Labute approximate surface area is 286 Å². The van der Waals surface area contributed by atoms with Crippen molar-refractivity contribution in [3.8, 4) is 16.9 Å². The number of phenols is 1. The Hall–Kier alpha value is -4.58. The molecule has 0 radical (unpaired) electrons. The summed E-state index contributed by atoms with van der Waals surface area (Å²) in [5.74, 6) is -0.774. The van der Waals surface area contributed by atoms with E-state index in [-0.39, 0.29) is 37.0 Å². The zero-order valence-corrected chi connectivity index (χ0v) is 28.0. The van der Waals surface area contributed by atoms with Gasteiger partial charge in [-0.1, -0.05) is 72.8 Å². The summed E-state index contributed by atoms with van der Waals surface area (Å²) in [4.78, 5) is 25.6.